The molecule has 1 unspecified atom stereocenters. The molecule has 9 nitrogen and oxygen atoms in total. The van der Waals surface area contributed by atoms with E-state index in [0.29, 0.717) is 18.7 Å². The molecule has 226 valence electrons. The van der Waals surface area contributed by atoms with Gasteiger partial charge in [-0.05, 0) is 56.5 Å². The van der Waals surface area contributed by atoms with Gasteiger partial charge in [0.2, 0.25) is 11.8 Å². The molecule has 0 aliphatic carbocycles. The number of carbonyl (C=O) groups is 2. The predicted molar refractivity (Wildman–Crippen MR) is 164 cm³/mol. The standard InChI is InChI=1S/C32H41N3O6S/c1-6-7-20-33-32(37)25(3)34(21-19-26-11-9-8-10-12-26)31(36)23-35(29-22-27(40-4)15-18-30(29)41-5)42(38,39)28-16-13-24(2)14-17-28/h8-18,22,25H,6-7,19-21,23H2,1-5H3,(H,33,37). The number of amides is 2. The quantitative estimate of drug-likeness (QED) is 0.258. The lowest BCUT2D eigenvalue weighted by atomic mass is 10.1. The normalized spacial score (nSPS) is 11.8. The van der Waals surface area contributed by atoms with E-state index in [1.54, 1.807) is 31.2 Å². The minimum atomic E-state index is -4.24. The first-order chi connectivity index (χ1) is 20.1. The molecule has 0 heterocycles. The fraction of sp³-hybridized carbons (Fsp3) is 0.375. The number of sulfonamides is 1. The molecule has 0 saturated carbocycles. The fourth-order valence-corrected chi connectivity index (χ4v) is 5.87. The number of nitrogens with one attached hydrogen (secondary N) is 1. The molecule has 10 heteroatoms. The van der Waals surface area contributed by atoms with Crippen LogP contribution in [0.3, 0.4) is 0 Å². The van der Waals surface area contributed by atoms with Crippen LogP contribution in [0.2, 0.25) is 0 Å². The van der Waals surface area contributed by atoms with Crippen molar-refractivity contribution in [3.8, 4) is 11.5 Å². The van der Waals surface area contributed by atoms with Crippen molar-refractivity contribution in [3.05, 3.63) is 83.9 Å². The van der Waals surface area contributed by atoms with Crippen LogP contribution in [0.15, 0.2) is 77.7 Å². The van der Waals surface area contributed by atoms with Gasteiger partial charge in [-0.1, -0.05) is 61.4 Å². The topological polar surface area (TPSA) is 105 Å². The van der Waals surface area contributed by atoms with Gasteiger partial charge in [0.25, 0.3) is 10.0 Å². The van der Waals surface area contributed by atoms with E-state index in [1.165, 1.54) is 37.3 Å². The van der Waals surface area contributed by atoms with Crippen LogP contribution in [0.4, 0.5) is 5.69 Å². The highest BCUT2D eigenvalue weighted by Crippen LogP contribution is 2.36. The number of unbranched alkanes of at least 4 members (excludes halogenated alkanes) is 1. The van der Waals surface area contributed by atoms with E-state index < -0.39 is 28.5 Å². The third-order valence-corrected chi connectivity index (χ3v) is 8.80. The maximum absolute atomic E-state index is 14.1. The molecule has 42 heavy (non-hydrogen) atoms. The maximum atomic E-state index is 14.1. The van der Waals surface area contributed by atoms with Crippen LogP contribution in [-0.4, -0.2) is 65.0 Å². The molecule has 3 aromatic rings. The molecule has 0 bridgehead atoms. The Labute approximate surface area is 249 Å². The molecular formula is C32H41N3O6S. The highest BCUT2D eigenvalue weighted by atomic mass is 32.2. The number of hydrogen-bond donors (Lipinski definition) is 1. The number of benzene rings is 3. The number of hydrogen-bond acceptors (Lipinski definition) is 6. The van der Waals surface area contributed by atoms with Crippen molar-refractivity contribution >= 4 is 27.5 Å². The van der Waals surface area contributed by atoms with Crippen LogP contribution >= 0.6 is 0 Å². The smallest absolute Gasteiger partial charge is 0.264 e. The highest BCUT2D eigenvalue weighted by Gasteiger charge is 2.34. The number of anilines is 1. The summed E-state index contributed by atoms with van der Waals surface area (Å²) in [5, 5.41) is 2.90. The molecule has 0 aliphatic heterocycles. The van der Waals surface area contributed by atoms with Crippen molar-refractivity contribution in [2.24, 2.45) is 0 Å². The average molecular weight is 596 g/mol. The van der Waals surface area contributed by atoms with Gasteiger partial charge in [0.1, 0.15) is 24.1 Å². The molecular weight excluding hydrogens is 554 g/mol. The van der Waals surface area contributed by atoms with Crippen molar-refractivity contribution < 1.29 is 27.5 Å². The van der Waals surface area contributed by atoms with Gasteiger partial charge in [0.15, 0.2) is 0 Å². The van der Waals surface area contributed by atoms with E-state index in [0.717, 1.165) is 28.3 Å². The first-order valence-corrected chi connectivity index (χ1v) is 15.5. The maximum Gasteiger partial charge on any atom is 0.264 e. The second kappa shape index (κ2) is 15.3. The van der Waals surface area contributed by atoms with E-state index in [4.69, 9.17) is 9.47 Å². The van der Waals surface area contributed by atoms with Crippen LogP contribution in [0, 0.1) is 6.92 Å². The molecule has 0 radical (unpaired) electrons. The number of rotatable bonds is 15. The Balaban J connectivity index is 2.04. The predicted octanol–water partition coefficient (Wildman–Crippen LogP) is 4.58. The average Bonchev–Trinajstić information content (AvgIpc) is 3.00. The molecule has 3 aromatic carbocycles. The third-order valence-electron chi connectivity index (χ3n) is 7.02. The Morgan fingerprint density at radius 3 is 2.26 bits per heavy atom. The lowest BCUT2D eigenvalue weighted by Gasteiger charge is -2.32. The lowest BCUT2D eigenvalue weighted by molar-refractivity contribution is -0.138. The molecule has 3 rings (SSSR count). The van der Waals surface area contributed by atoms with Gasteiger partial charge in [-0.25, -0.2) is 8.42 Å². The second-order valence-corrected chi connectivity index (χ2v) is 11.9. The number of carbonyl (C=O) groups excluding carboxylic acids is 2. The summed E-state index contributed by atoms with van der Waals surface area (Å²) in [6, 6.07) is 20.0. The first kappa shape index (κ1) is 32.5. The van der Waals surface area contributed by atoms with Gasteiger partial charge in [0, 0.05) is 19.2 Å². The Hall–Kier alpha value is -4.05. The number of nitrogens with zero attached hydrogens (tertiary/aromatic N) is 2. The van der Waals surface area contributed by atoms with Gasteiger partial charge in [-0.2, -0.15) is 0 Å². The van der Waals surface area contributed by atoms with E-state index in [9.17, 15) is 18.0 Å². The largest absolute Gasteiger partial charge is 0.497 e. The summed E-state index contributed by atoms with van der Waals surface area (Å²) in [5.74, 6) is -0.172. The van der Waals surface area contributed by atoms with Crippen molar-refractivity contribution in [1.82, 2.24) is 10.2 Å². The minimum Gasteiger partial charge on any atom is -0.497 e. The van der Waals surface area contributed by atoms with Crippen LogP contribution in [0.5, 0.6) is 11.5 Å². The summed E-state index contributed by atoms with van der Waals surface area (Å²) in [5.41, 5.74) is 2.03. The zero-order chi connectivity index (χ0) is 30.7. The van der Waals surface area contributed by atoms with Crippen LogP contribution in [0.1, 0.15) is 37.8 Å². The number of methoxy groups -OCH3 is 2. The van der Waals surface area contributed by atoms with Crippen LogP contribution in [-0.2, 0) is 26.0 Å². The van der Waals surface area contributed by atoms with Crippen LogP contribution < -0.4 is 19.1 Å². The molecule has 0 aliphatic rings. The fourth-order valence-electron chi connectivity index (χ4n) is 4.45. The monoisotopic (exact) mass is 595 g/mol. The highest BCUT2D eigenvalue weighted by molar-refractivity contribution is 7.92. The van der Waals surface area contributed by atoms with Gasteiger partial charge in [-0.3, -0.25) is 13.9 Å². The van der Waals surface area contributed by atoms with Gasteiger partial charge < -0.3 is 19.7 Å². The SMILES string of the molecule is CCCCNC(=O)C(C)N(CCc1ccccc1)C(=O)CN(c1cc(OC)ccc1OC)S(=O)(=O)c1ccc(C)cc1. The van der Waals surface area contributed by atoms with E-state index in [2.05, 4.69) is 5.32 Å². The summed E-state index contributed by atoms with van der Waals surface area (Å²) in [6.45, 7) is 5.71. The molecule has 0 fully saturated rings. The third kappa shape index (κ3) is 8.25. The van der Waals surface area contributed by atoms with Crippen LogP contribution in [0.25, 0.3) is 0 Å². The summed E-state index contributed by atoms with van der Waals surface area (Å²) >= 11 is 0. The van der Waals surface area contributed by atoms with Crippen molar-refractivity contribution in [1.29, 1.82) is 0 Å². The van der Waals surface area contributed by atoms with E-state index in [-0.39, 0.29) is 28.8 Å². The van der Waals surface area contributed by atoms with Crippen molar-refractivity contribution in [3.63, 3.8) is 0 Å². The molecule has 0 saturated heterocycles. The van der Waals surface area contributed by atoms with Crippen molar-refractivity contribution in [2.45, 2.75) is 51.0 Å². The van der Waals surface area contributed by atoms with E-state index >= 15 is 0 Å². The summed E-state index contributed by atoms with van der Waals surface area (Å²) in [4.78, 5) is 28.6. The van der Waals surface area contributed by atoms with Gasteiger partial charge >= 0.3 is 0 Å². The molecule has 2 amide bonds. The summed E-state index contributed by atoms with van der Waals surface area (Å²) in [6.07, 6.45) is 2.22. The van der Waals surface area contributed by atoms with Gasteiger partial charge in [0.05, 0.1) is 24.8 Å². The van der Waals surface area contributed by atoms with E-state index in [1.807, 2.05) is 44.2 Å². The van der Waals surface area contributed by atoms with Gasteiger partial charge in [-0.15, -0.1) is 0 Å². The molecule has 1 N–H and O–H groups in total. The first-order valence-electron chi connectivity index (χ1n) is 14.0. The summed E-state index contributed by atoms with van der Waals surface area (Å²) < 4.78 is 40.1. The summed E-state index contributed by atoms with van der Waals surface area (Å²) in [7, 11) is -1.34. The Morgan fingerprint density at radius 2 is 1.64 bits per heavy atom. The Morgan fingerprint density at radius 1 is 0.952 bits per heavy atom. The Kier molecular flexibility index (Phi) is 11.8. The minimum absolute atomic E-state index is 0.0203. The molecule has 0 spiro atoms. The number of ether oxygens (including phenoxy) is 2. The molecule has 0 aromatic heterocycles. The molecule has 1 atom stereocenters. The lowest BCUT2D eigenvalue weighted by Crippen LogP contribution is -2.52. The second-order valence-electron chi connectivity index (χ2n) is 10.0. The zero-order valence-corrected chi connectivity index (χ0v) is 25.8. The number of aryl methyl sites for hydroxylation is 1. The zero-order valence-electron chi connectivity index (χ0n) is 25.0. The van der Waals surface area contributed by atoms with Crippen molar-refractivity contribution in [2.75, 3.05) is 38.2 Å². The Bertz CT molecular complexity index is 1430.